The highest BCUT2D eigenvalue weighted by Crippen LogP contribution is 2.23. The van der Waals surface area contributed by atoms with Crippen LogP contribution >= 0.6 is 0 Å². The zero-order valence-electron chi connectivity index (χ0n) is 11.2. The maximum atomic E-state index is 11.7. The van der Waals surface area contributed by atoms with Crippen LogP contribution in [0.2, 0.25) is 0 Å². The highest BCUT2D eigenvalue weighted by Gasteiger charge is 2.13. The molecule has 106 valence electrons. The van der Waals surface area contributed by atoms with E-state index < -0.39 is 5.97 Å². The molecule has 0 aliphatic rings. The van der Waals surface area contributed by atoms with Gasteiger partial charge in [-0.2, -0.15) is 0 Å². The number of rotatable bonds is 6. The first-order valence-electron chi connectivity index (χ1n) is 6.36. The minimum absolute atomic E-state index is 0.322. The van der Waals surface area contributed by atoms with Gasteiger partial charge in [0.05, 0.1) is 36.3 Å². The summed E-state index contributed by atoms with van der Waals surface area (Å²) in [7, 11) is 0. The van der Waals surface area contributed by atoms with E-state index in [1.807, 2.05) is 6.07 Å². The number of carbonyl (C=O) groups excluding carboxylic acids is 1. The number of benzene rings is 1. The largest absolute Gasteiger partial charge is 0.462 e. The van der Waals surface area contributed by atoms with Crippen molar-refractivity contribution in [3.8, 4) is 0 Å². The van der Waals surface area contributed by atoms with E-state index in [0.717, 1.165) is 0 Å². The average Bonchev–Trinajstić information content (AvgIpc) is 2.94. The summed E-state index contributed by atoms with van der Waals surface area (Å²) in [6, 6.07) is 5.23. The Bertz CT molecular complexity index is 568. The summed E-state index contributed by atoms with van der Waals surface area (Å²) < 4.78 is 6.66. The second-order valence-corrected chi connectivity index (χ2v) is 4.08. The van der Waals surface area contributed by atoms with Gasteiger partial charge in [0.15, 0.2) is 0 Å². The Morgan fingerprint density at radius 2 is 2.35 bits per heavy atom. The van der Waals surface area contributed by atoms with Crippen molar-refractivity contribution in [2.45, 2.75) is 13.5 Å². The normalized spacial score (nSPS) is 10.2. The molecule has 20 heavy (non-hydrogen) atoms. The molecule has 0 saturated carbocycles. The quantitative estimate of drug-likeness (QED) is 0.606. The maximum Gasteiger partial charge on any atom is 0.340 e. The number of carbonyl (C=O) groups is 1. The van der Waals surface area contributed by atoms with Crippen molar-refractivity contribution in [1.82, 2.24) is 15.0 Å². The summed E-state index contributed by atoms with van der Waals surface area (Å²) in [5.41, 5.74) is 7.45. The third kappa shape index (κ3) is 3.25. The molecule has 7 nitrogen and oxygen atoms in total. The Morgan fingerprint density at radius 3 is 3.05 bits per heavy atom. The molecule has 0 radical (unpaired) electrons. The number of aromatic nitrogens is 3. The first-order valence-corrected chi connectivity index (χ1v) is 6.36. The van der Waals surface area contributed by atoms with E-state index >= 15 is 0 Å². The van der Waals surface area contributed by atoms with Crippen molar-refractivity contribution in [3.63, 3.8) is 0 Å². The summed E-state index contributed by atoms with van der Waals surface area (Å²) in [6.07, 6.45) is 3.40. The molecule has 2 aromatic rings. The van der Waals surface area contributed by atoms with Crippen LogP contribution in [-0.4, -0.2) is 34.1 Å². The van der Waals surface area contributed by atoms with Crippen molar-refractivity contribution in [3.05, 3.63) is 36.2 Å². The van der Waals surface area contributed by atoms with Gasteiger partial charge in [-0.25, -0.2) is 4.79 Å². The number of nitrogens with two attached hydrogens (primary N) is 1. The second kappa shape index (κ2) is 6.55. The molecule has 0 amide bonds. The van der Waals surface area contributed by atoms with Crippen molar-refractivity contribution in [2.24, 2.45) is 0 Å². The van der Waals surface area contributed by atoms with Gasteiger partial charge in [0.2, 0.25) is 0 Å². The molecule has 1 aromatic heterocycles. The summed E-state index contributed by atoms with van der Waals surface area (Å²) in [6.45, 7) is 3.36. The number of hydrogen-bond acceptors (Lipinski definition) is 6. The van der Waals surface area contributed by atoms with Crippen LogP contribution in [-0.2, 0) is 11.3 Å². The van der Waals surface area contributed by atoms with E-state index in [4.69, 9.17) is 10.5 Å². The third-order valence-corrected chi connectivity index (χ3v) is 2.73. The van der Waals surface area contributed by atoms with Crippen LogP contribution in [0, 0.1) is 0 Å². The molecule has 0 atom stereocenters. The number of nitrogens with zero attached hydrogens (tertiary/aromatic N) is 3. The number of para-hydroxylation sites is 1. The Morgan fingerprint density at radius 1 is 1.50 bits per heavy atom. The number of hydrogen-bond donors (Lipinski definition) is 2. The number of nitrogen functional groups attached to an aromatic ring is 1. The van der Waals surface area contributed by atoms with E-state index in [1.54, 1.807) is 36.1 Å². The van der Waals surface area contributed by atoms with E-state index in [0.29, 0.717) is 36.6 Å². The monoisotopic (exact) mass is 275 g/mol. The molecule has 2 rings (SSSR count). The maximum absolute atomic E-state index is 11.7. The van der Waals surface area contributed by atoms with Crippen LogP contribution in [0.3, 0.4) is 0 Å². The van der Waals surface area contributed by atoms with E-state index in [-0.39, 0.29) is 0 Å². The van der Waals surface area contributed by atoms with Crippen molar-refractivity contribution >= 4 is 17.3 Å². The zero-order valence-corrected chi connectivity index (χ0v) is 11.2. The molecule has 0 spiro atoms. The second-order valence-electron chi connectivity index (χ2n) is 4.08. The number of esters is 1. The Labute approximate surface area is 116 Å². The summed E-state index contributed by atoms with van der Waals surface area (Å²) >= 11 is 0. The molecule has 1 aromatic carbocycles. The van der Waals surface area contributed by atoms with E-state index in [9.17, 15) is 4.79 Å². The van der Waals surface area contributed by atoms with Crippen LogP contribution in [0.1, 0.15) is 17.3 Å². The third-order valence-electron chi connectivity index (χ3n) is 2.73. The fourth-order valence-electron chi connectivity index (χ4n) is 1.76. The molecule has 0 aliphatic heterocycles. The van der Waals surface area contributed by atoms with E-state index in [1.165, 1.54) is 0 Å². The highest BCUT2D eigenvalue weighted by atomic mass is 16.5. The van der Waals surface area contributed by atoms with Crippen LogP contribution in [0.15, 0.2) is 30.6 Å². The Kier molecular flexibility index (Phi) is 4.54. The number of anilines is 2. The summed E-state index contributed by atoms with van der Waals surface area (Å²) in [5, 5.41) is 10.8. The standard InChI is InChI=1S/C13H17N5O2/c1-2-20-13(19)10-4-3-5-11(12(10)14)15-6-8-18-9-7-16-17-18/h3-5,7,9,15H,2,6,8,14H2,1H3. The minimum atomic E-state index is -0.412. The van der Waals surface area contributed by atoms with E-state index in [2.05, 4.69) is 15.6 Å². The summed E-state index contributed by atoms with van der Waals surface area (Å²) in [4.78, 5) is 11.7. The lowest BCUT2D eigenvalue weighted by atomic mass is 10.1. The number of ether oxygens (including phenoxy) is 1. The van der Waals surface area contributed by atoms with Crippen molar-refractivity contribution in [2.75, 3.05) is 24.2 Å². The molecule has 0 unspecified atom stereocenters. The first-order chi connectivity index (χ1) is 9.72. The Hall–Kier alpha value is -2.57. The zero-order chi connectivity index (χ0) is 14.4. The number of nitrogens with one attached hydrogen (secondary N) is 1. The smallest absolute Gasteiger partial charge is 0.340 e. The molecule has 0 fully saturated rings. The van der Waals surface area contributed by atoms with Crippen LogP contribution in [0.4, 0.5) is 11.4 Å². The lowest BCUT2D eigenvalue weighted by Crippen LogP contribution is -2.14. The predicted octanol–water partition coefficient (Wildman–Crippen LogP) is 1.15. The van der Waals surface area contributed by atoms with Crippen molar-refractivity contribution < 1.29 is 9.53 Å². The van der Waals surface area contributed by atoms with Gasteiger partial charge in [0, 0.05) is 12.7 Å². The molecule has 0 aliphatic carbocycles. The van der Waals surface area contributed by atoms with Gasteiger partial charge >= 0.3 is 5.97 Å². The molecule has 3 N–H and O–H groups in total. The minimum Gasteiger partial charge on any atom is -0.462 e. The van der Waals surface area contributed by atoms with Gasteiger partial charge in [-0.05, 0) is 19.1 Å². The van der Waals surface area contributed by atoms with Crippen molar-refractivity contribution in [1.29, 1.82) is 0 Å². The molecule has 1 heterocycles. The predicted molar refractivity (Wildman–Crippen MR) is 75.3 cm³/mol. The van der Waals surface area contributed by atoms with Gasteiger partial charge in [-0.15, -0.1) is 5.10 Å². The highest BCUT2D eigenvalue weighted by molar-refractivity contribution is 5.98. The molecular weight excluding hydrogens is 258 g/mol. The molecular formula is C13H17N5O2. The SMILES string of the molecule is CCOC(=O)c1cccc(NCCn2ccnn2)c1N. The lowest BCUT2D eigenvalue weighted by Gasteiger charge is -2.12. The van der Waals surface area contributed by atoms with Crippen LogP contribution < -0.4 is 11.1 Å². The Balaban J connectivity index is 2.01. The topological polar surface area (TPSA) is 95.1 Å². The van der Waals surface area contributed by atoms with Gasteiger partial charge < -0.3 is 15.8 Å². The summed E-state index contributed by atoms with van der Waals surface area (Å²) in [5.74, 6) is -0.412. The lowest BCUT2D eigenvalue weighted by molar-refractivity contribution is 0.0527. The fraction of sp³-hybridized carbons (Fsp3) is 0.308. The first kappa shape index (κ1) is 13.9. The molecule has 0 saturated heterocycles. The van der Waals surface area contributed by atoms with Crippen LogP contribution in [0.5, 0.6) is 0 Å². The van der Waals surface area contributed by atoms with Gasteiger partial charge in [0.1, 0.15) is 0 Å². The van der Waals surface area contributed by atoms with Gasteiger partial charge in [0.25, 0.3) is 0 Å². The average molecular weight is 275 g/mol. The molecule has 0 bridgehead atoms. The van der Waals surface area contributed by atoms with Gasteiger partial charge in [-0.3, -0.25) is 4.68 Å². The molecule has 7 heteroatoms. The van der Waals surface area contributed by atoms with Crippen LogP contribution in [0.25, 0.3) is 0 Å². The van der Waals surface area contributed by atoms with Gasteiger partial charge in [-0.1, -0.05) is 11.3 Å². The fourth-order valence-corrected chi connectivity index (χ4v) is 1.76.